The molecule has 0 bridgehead atoms. The fraction of sp³-hybridized carbons (Fsp3) is 0.241. The molecule has 1 aliphatic heterocycles. The summed E-state index contributed by atoms with van der Waals surface area (Å²) in [5.41, 5.74) is 0.959. The fourth-order valence-electron chi connectivity index (χ4n) is 4.79. The summed E-state index contributed by atoms with van der Waals surface area (Å²) in [5.74, 6) is 0. The number of alkyl halides is 1. The first-order valence-corrected chi connectivity index (χ1v) is 11.9. The van der Waals surface area contributed by atoms with Crippen molar-refractivity contribution in [2.45, 2.75) is 37.4 Å². The topological polar surface area (TPSA) is 73.3 Å². The van der Waals surface area contributed by atoms with E-state index in [1.165, 1.54) is 10.8 Å². The molecule has 1 aliphatic rings. The first kappa shape index (κ1) is 23.9. The van der Waals surface area contributed by atoms with Crippen molar-refractivity contribution in [3.8, 4) is 0 Å². The van der Waals surface area contributed by atoms with E-state index in [4.69, 9.17) is 9.47 Å². The molecule has 184 valence electrons. The van der Waals surface area contributed by atoms with Crippen LogP contribution in [0.15, 0.2) is 107 Å². The molecule has 3 unspecified atom stereocenters. The quantitative estimate of drug-likeness (QED) is 0.391. The number of halogens is 1. The number of aromatic amines is 1. The zero-order valence-corrected chi connectivity index (χ0v) is 19.8. The average Bonchev–Trinajstić information content (AvgIpc) is 3.28. The van der Waals surface area contributed by atoms with Gasteiger partial charge in [0.2, 0.25) is 0 Å². The van der Waals surface area contributed by atoms with Crippen LogP contribution in [-0.2, 0) is 15.1 Å². The van der Waals surface area contributed by atoms with Gasteiger partial charge in [-0.2, -0.15) is 0 Å². The van der Waals surface area contributed by atoms with E-state index in [9.17, 15) is 9.59 Å². The molecule has 3 atom stereocenters. The number of rotatable bonds is 7. The lowest BCUT2D eigenvalue weighted by Crippen LogP contribution is -2.37. The summed E-state index contributed by atoms with van der Waals surface area (Å²) >= 11 is 0. The van der Waals surface area contributed by atoms with Gasteiger partial charge in [0, 0.05) is 18.2 Å². The summed E-state index contributed by atoms with van der Waals surface area (Å²) < 4.78 is 29.1. The first-order chi connectivity index (χ1) is 17.5. The third-order valence-electron chi connectivity index (χ3n) is 6.62. The molecular weight excluding hydrogens is 459 g/mol. The minimum atomic E-state index is -1.35. The van der Waals surface area contributed by atoms with Crippen LogP contribution in [0.5, 0.6) is 0 Å². The molecular formula is C29H27FN2O4. The lowest BCUT2D eigenvalue weighted by Gasteiger charge is -2.36. The first-order valence-electron chi connectivity index (χ1n) is 11.9. The molecule has 4 aromatic rings. The van der Waals surface area contributed by atoms with Crippen LogP contribution in [0.25, 0.3) is 0 Å². The van der Waals surface area contributed by atoms with Gasteiger partial charge >= 0.3 is 5.69 Å². The molecule has 1 N–H and O–H groups in total. The van der Waals surface area contributed by atoms with E-state index in [-0.39, 0.29) is 13.0 Å². The molecule has 0 saturated carbocycles. The zero-order valence-electron chi connectivity index (χ0n) is 19.8. The second kappa shape index (κ2) is 10.0. The molecule has 3 aromatic carbocycles. The molecule has 6 nitrogen and oxygen atoms in total. The van der Waals surface area contributed by atoms with E-state index >= 15 is 4.39 Å². The summed E-state index contributed by atoms with van der Waals surface area (Å²) in [5, 5.41) is 0. The van der Waals surface area contributed by atoms with E-state index in [0.29, 0.717) is 5.56 Å². The molecule has 2 heterocycles. The van der Waals surface area contributed by atoms with Crippen LogP contribution in [0, 0.1) is 6.92 Å². The van der Waals surface area contributed by atoms with E-state index in [2.05, 4.69) is 4.98 Å². The van der Waals surface area contributed by atoms with Gasteiger partial charge < -0.3 is 9.47 Å². The summed E-state index contributed by atoms with van der Waals surface area (Å²) in [7, 11) is 0. The highest BCUT2D eigenvalue weighted by Gasteiger charge is 2.42. The highest BCUT2D eigenvalue weighted by molar-refractivity contribution is 5.47. The Morgan fingerprint density at radius 1 is 0.917 bits per heavy atom. The van der Waals surface area contributed by atoms with Crippen molar-refractivity contribution >= 4 is 0 Å². The SMILES string of the molecule is Cc1cn(C2CC(F)C(COC(c3ccccc3)(c3ccccc3)c3ccccc3)O2)c(=O)[nH]c1=O. The van der Waals surface area contributed by atoms with Crippen molar-refractivity contribution in [1.82, 2.24) is 9.55 Å². The third-order valence-corrected chi connectivity index (χ3v) is 6.62. The number of H-pyrrole nitrogens is 1. The van der Waals surface area contributed by atoms with E-state index in [1.54, 1.807) is 6.92 Å². The second-order valence-electron chi connectivity index (χ2n) is 8.95. The highest BCUT2D eigenvalue weighted by atomic mass is 19.1. The van der Waals surface area contributed by atoms with Crippen molar-refractivity contribution in [2.75, 3.05) is 6.61 Å². The van der Waals surface area contributed by atoms with Gasteiger partial charge in [-0.25, -0.2) is 9.18 Å². The number of hydrogen-bond donors (Lipinski definition) is 1. The number of benzene rings is 3. The Labute approximate surface area is 208 Å². The van der Waals surface area contributed by atoms with Gasteiger partial charge in [-0.1, -0.05) is 91.0 Å². The van der Waals surface area contributed by atoms with Crippen LogP contribution in [0.2, 0.25) is 0 Å². The number of ether oxygens (including phenoxy) is 2. The molecule has 0 radical (unpaired) electrons. The van der Waals surface area contributed by atoms with Gasteiger partial charge in [0.15, 0.2) is 0 Å². The molecule has 1 fully saturated rings. The lowest BCUT2D eigenvalue weighted by atomic mass is 9.80. The van der Waals surface area contributed by atoms with Gasteiger partial charge in [-0.05, 0) is 23.6 Å². The average molecular weight is 487 g/mol. The minimum absolute atomic E-state index is 0.0194. The maximum Gasteiger partial charge on any atom is 0.330 e. The van der Waals surface area contributed by atoms with Crippen LogP contribution < -0.4 is 11.2 Å². The van der Waals surface area contributed by atoms with E-state index in [1.807, 2.05) is 91.0 Å². The predicted molar refractivity (Wildman–Crippen MR) is 135 cm³/mol. The Hall–Kier alpha value is -3.81. The fourth-order valence-corrected chi connectivity index (χ4v) is 4.79. The third kappa shape index (κ3) is 4.43. The van der Waals surface area contributed by atoms with Crippen LogP contribution in [0.4, 0.5) is 4.39 Å². The standard InChI is InChI=1S/C29H27FN2O4/c1-20-18-32(28(34)31-27(20)33)26-17-24(30)25(36-26)19-35-29(21-11-5-2-6-12-21,22-13-7-3-8-14-22)23-15-9-4-10-16-23/h2-16,18,24-26H,17,19H2,1H3,(H,31,33,34). The van der Waals surface area contributed by atoms with E-state index in [0.717, 1.165) is 16.7 Å². The highest BCUT2D eigenvalue weighted by Crippen LogP contribution is 2.41. The predicted octanol–water partition coefficient (Wildman–Crippen LogP) is 4.48. The van der Waals surface area contributed by atoms with Crippen molar-refractivity contribution < 1.29 is 13.9 Å². The van der Waals surface area contributed by atoms with Crippen molar-refractivity contribution in [1.29, 1.82) is 0 Å². The Kier molecular flexibility index (Phi) is 6.67. The largest absolute Gasteiger partial charge is 0.358 e. The smallest absolute Gasteiger partial charge is 0.330 e. The molecule has 0 amide bonds. The van der Waals surface area contributed by atoms with Crippen LogP contribution in [-0.4, -0.2) is 28.4 Å². The molecule has 1 saturated heterocycles. The van der Waals surface area contributed by atoms with Gasteiger partial charge in [0.25, 0.3) is 5.56 Å². The Morgan fingerprint density at radius 2 is 1.42 bits per heavy atom. The Morgan fingerprint density at radius 3 is 1.92 bits per heavy atom. The summed E-state index contributed by atoms with van der Waals surface area (Å²) in [6.07, 6.45) is -1.70. The van der Waals surface area contributed by atoms with Crippen molar-refractivity contribution in [3.05, 3.63) is 140 Å². The van der Waals surface area contributed by atoms with Gasteiger partial charge in [-0.3, -0.25) is 14.3 Å². The van der Waals surface area contributed by atoms with Gasteiger partial charge in [0.1, 0.15) is 24.1 Å². The lowest BCUT2D eigenvalue weighted by molar-refractivity contribution is -0.0868. The Balaban J connectivity index is 1.50. The molecule has 36 heavy (non-hydrogen) atoms. The van der Waals surface area contributed by atoms with Gasteiger partial charge in [-0.15, -0.1) is 0 Å². The zero-order chi connectivity index (χ0) is 25.1. The molecule has 1 aromatic heterocycles. The van der Waals surface area contributed by atoms with Crippen LogP contribution >= 0.6 is 0 Å². The summed E-state index contributed by atoms with van der Waals surface area (Å²) in [6, 6.07) is 29.5. The van der Waals surface area contributed by atoms with E-state index < -0.39 is 35.4 Å². The second-order valence-corrected chi connectivity index (χ2v) is 8.95. The summed E-state index contributed by atoms with van der Waals surface area (Å²) in [4.78, 5) is 26.3. The molecule has 0 aliphatic carbocycles. The maximum absolute atomic E-state index is 15.2. The number of hydrogen-bond acceptors (Lipinski definition) is 4. The minimum Gasteiger partial charge on any atom is -0.358 e. The number of nitrogens with one attached hydrogen (secondary N) is 1. The molecule has 7 heteroatoms. The van der Waals surface area contributed by atoms with Crippen molar-refractivity contribution in [2.24, 2.45) is 0 Å². The maximum atomic E-state index is 15.2. The van der Waals surface area contributed by atoms with Gasteiger partial charge in [0.05, 0.1) is 6.61 Å². The number of aryl methyl sites for hydroxylation is 1. The monoisotopic (exact) mass is 486 g/mol. The van der Waals surface area contributed by atoms with Crippen LogP contribution in [0.1, 0.15) is 34.9 Å². The molecule has 0 spiro atoms. The summed E-state index contributed by atoms with van der Waals surface area (Å²) in [6.45, 7) is 1.54. The molecule has 5 rings (SSSR count). The van der Waals surface area contributed by atoms with Crippen molar-refractivity contribution in [3.63, 3.8) is 0 Å². The van der Waals surface area contributed by atoms with Crippen LogP contribution in [0.3, 0.4) is 0 Å². The normalized spacial score (nSPS) is 19.9. The number of nitrogens with zero attached hydrogens (tertiary/aromatic N) is 1. The number of aromatic nitrogens is 2. The Bertz CT molecular complexity index is 1320.